The van der Waals surface area contributed by atoms with Gasteiger partial charge in [0.15, 0.2) is 0 Å². The Kier molecular flexibility index (Phi) is 2.75. The van der Waals surface area contributed by atoms with Gasteiger partial charge in [-0.1, -0.05) is 44.2 Å². The summed E-state index contributed by atoms with van der Waals surface area (Å²) in [6, 6.07) is 10.5. The average Bonchev–Trinajstić information content (AvgIpc) is 3.01. The predicted octanol–water partition coefficient (Wildman–Crippen LogP) is 4.57. The van der Waals surface area contributed by atoms with Gasteiger partial charge in [0, 0.05) is 16.6 Å². The summed E-state index contributed by atoms with van der Waals surface area (Å²) in [5.74, 6) is 2.48. The lowest BCUT2D eigenvalue weighted by Gasteiger charge is -2.00. The van der Waals surface area contributed by atoms with Gasteiger partial charge in [0.1, 0.15) is 5.01 Å². The molecule has 0 spiro atoms. The van der Waals surface area contributed by atoms with Crippen LogP contribution in [0.25, 0.3) is 10.6 Å². The lowest BCUT2D eigenvalue weighted by Crippen LogP contribution is -1.90. The van der Waals surface area contributed by atoms with Crippen LogP contribution in [0.4, 0.5) is 0 Å². The topological polar surface area (TPSA) is 12.9 Å². The first kappa shape index (κ1) is 11.0. The number of aromatic nitrogens is 1. The predicted molar refractivity (Wildman–Crippen MR) is 73.2 cm³/mol. The molecule has 1 fully saturated rings. The van der Waals surface area contributed by atoms with E-state index in [1.807, 2.05) is 17.4 Å². The minimum atomic E-state index is 0.782. The fourth-order valence-electron chi connectivity index (χ4n) is 2.45. The highest BCUT2D eigenvalue weighted by Crippen LogP contribution is 2.53. The third-order valence-corrected chi connectivity index (χ3v) is 4.78. The van der Waals surface area contributed by atoms with E-state index >= 15 is 0 Å². The Morgan fingerprint density at radius 2 is 2.00 bits per heavy atom. The molecule has 2 atom stereocenters. The summed E-state index contributed by atoms with van der Waals surface area (Å²) in [7, 11) is 0. The molecule has 0 unspecified atom stereocenters. The van der Waals surface area contributed by atoms with Crippen LogP contribution in [0.15, 0.2) is 36.5 Å². The van der Waals surface area contributed by atoms with Crippen molar-refractivity contribution in [3.8, 4) is 10.6 Å². The van der Waals surface area contributed by atoms with Crippen LogP contribution in [0.2, 0.25) is 0 Å². The van der Waals surface area contributed by atoms with Crippen LogP contribution in [0.1, 0.15) is 31.1 Å². The van der Waals surface area contributed by atoms with Crippen molar-refractivity contribution in [2.75, 3.05) is 0 Å². The van der Waals surface area contributed by atoms with Crippen LogP contribution >= 0.6 is 11.3 Å². The van der Waals surface area contributed by atoms with E-state index < -0.39 is 0 Å². The van der Waals surface area contributed by atoms with Gasteiger partial charge in [-0.05, 0) is 24.2 Å². The smallest absolute Gasteiger partial charge is 0.123 e. The molecule has 1 heterocycles. The maximum atomic E-state index is 4.56. The molecular weight excluding hydrogens is 226 g/mol. The van der Waals surface area contributed by atoms with Crippen molar-refractivity contribution in [2.24, 2.45) is 11.8 Å². The summed E-state index contributed by atoms with van der Waals surface area (Å²) in [5.41, 5.74) is 1.24. The van der Waals surface area contributed by atoms with Crippen LogP contribution in [-0.2, 0) is 0 Å². The molecule has 2 aromatic rings. The van der Waals surface area contributed by atoms with Gasteiger partial charge in [0.05, 0.1) is 0 Å². The van der Waals surface area contributed by atoms with E-state index in [0.717, 1.165) is 22.8 Å². The van der Waals surface area contributed by atoms with Crippen molar-refractivity contribution in [3.05, 3.63) is 41.4 Å². The molecule has 88 valence electrons. The summed E-state index contributed by atoms with van der Waals surface area (Å²) in [6.45, 7) is 4.65. The van der Waals surface area contributed by atoms with E-state index in [4.69, 9.17) is 0 Å². The zero-order valence-electron chi connectivity index (χ0n) is 10.3. The van der Waals surface area contributed by atoms with Crippen molar-refractivity contribution in [1.29, 1.82) is 0 Å². The largest absolute Gasteiger partial charge is 0.244 e. The zero-order chi connectivity index (χ0) is 11.8. The average molecular weight is 243 g/mol. The van der Waals surface area contributed by atoms with Gasteiger partial charge in [0.2, 0.25) is 0 Å². The third-order valence-electron chi connectivity index (χ3n) is 3.61. The van der Waals surface area contributed by atoms with Gasteiger partial charge in [-0.3, -0.25) is 0 Å². The normalized spacial score (nSPS) is 23.0. The van der Waals surface area contributed by atoms with Gasteiger partial charge < -0.3 is 0 Å². The first-order valence-corrected chi connectivity index (χ1v) is 7.08. The second-order valence-electron chi connectivity index (χ2n) is 5.18. The number of hydrogen-bond acceptors (Lipinski definition) is 2. The fraction of sp³-hybridized carbons (Fsp3) is 0.400. The number of hydrogen-bond donors (Lipinski definition) is 0. The minimum absolute atomic E-state index is 0.782. The van der Waals surface area contributed by atoms with E-state index in [1.165, 1.54) is 16.9 Å². The maximum Gasteiger partial charge on any atom is 0.123 e. The quantitative estimate of drug-likeness (QED) is 0.769. The molecular formula is C15H17NS. The first-order valence-electron chi connectivity index (χ1n) is 6.27. The standard InChI is InChI=1S/C15H17NS/c1-10(2)12-8-13(12)14-9-16-15(17-14)11-6-4-3-5-7-11/h3-7,9-10,12-13H,8H2,1-2H3/t12-,13+/m1/s1. The Bertz CT molecular complexity index is 501. The second kappa shape index (κ2) is 4.26. The van der Waals surface area contributed by atoms with E-state index in [0.29, 0.717) is 0 Å². The molecule has 1 aromatic heterocycles. The molecule has 2 heteroatoms. The molecule has 17 heavy (non-hydrogen) atoms. The fourth-order valence-corrected chi connectivity index (χ4v) is 3.56. The summed E-state index contributed by atoms with van der Waals surface area (Å²) in [6.07, 6.45) is 3.44. The van der Waals surface area contributed by atoms with Gasteiger partial charge in [0.25, 0.3) is 0 Å². The van der Waals surface area contributed by atoms with Crippen LogP contribution in [-0.4, -0.2) is 4.98 Å². The number of thiazole rings is 1. The SMILES string of the molecule is CC(C)[C@H]1C[C@@H]1c1cnc(-c2ccccc2)s1. The van der Waals surface area contributed by atoms with Gasteiger partial charge in [-0.15, -0.1) is 11.3 Å². The van der Waals surface area contributed by atoms with Crippen LogP contribution in [0.3, 0.4) is 0 Å². The van der Waals surface area contributed by atoms with E-state index in [2.05, 4.69) is 49.3 Å². The van der Waals surface area contributed by atoms with Crippen LogP contribution in [0.5, 0.6) is 0 Å². The zero-order valence-corrected chi connectivity index (χ0v) is 11.1. The summed E-state index contributed by atoms with van der Waals surface area (Å²) in [5, 5.41) is 1.16. The number of nitrogens with zero attached hydrogens (tertiary/aromatic N) is 1. The molecule has 0 amide bonds. The first-order chi connectivity index (χ1) is 8.25. The summed E-state index contributed by atoms with van der Waals surface area (Å²) >= 11 is 1.87. The molecule has 1 aromatic carbocycles. The second-order valence-corrected chi connectivity index (χ2v) is 6.25. The molecule has 1 nitrogen and oxygen atoms in total. The van der Waals surface area contributed by atoms with E-state index in [1.54, 1.807) is 0 Å². The third kappa shape index (κ3) is 2.14. The Morgan fingerprint density at radius 3 is 2.65 bits per heavy atom. The highest BCUT2D eigenvalue weighted by atomic mass is 32.1. The van der Waals surface area contributed by atoms with Crippen molar-refractivity contribution < 1.29 is 0 Å². The van der Waals surface area contributed by atoms with Gasteiger partial charge >= 0.3 is 0 Å². The highest BCUT2D eigenvalue weighted by Gasteiger charge is 2.41. The molecule has 0 radical (unpaired) electrons. The summed E-state index contributed by atoms with van der Waals surface area (Å²) < 4.78 is 0. The molecule has 0 aliphatic heterocycles. The molecule has 3 rings (SSSR count). The molecule has 0 bridgehead atoms. The Morgan fingerprint density at radius 1 is 1.24 bits per heavy atom. The van der Waals surface area contributed by atoms with Crippen molar-refractivity contribution in [2.45, 2.75) is 26.2 Å². The lowest BCUT2D eigenvalue weighted by atomic mass is 10.1. The number of benzene rings is 1. The Balaban J connectivity index is 1.81. The van der Waals surface area contributed by atoms with Crippen LogP contribution in [0, 0.1) is 11.8 Å². The monoisotopic (exact) mass is 243 g/mol. The van der Waals surface area contributed by atoms with Crippen molar-refractivity contribution in [3.63, 3.8) is 0 Å². The molecule has 1 saturated carbocycles. The summed E-state index contributed by atoms with van der Waals surface area (Å²) in [4.78, 5) is 6.03. The molecule has 0 saturated heterocycles. The lowest BCUT2D eigenvalue weighted by molar-refractivity contribution is 0.550. The molecule has 1 aliphatic rings. The highest BCUT2D eigenvalue weighted by molar-refractivity contribution is 7.15. The van der Waals surface area contributed by atoms with Crippen LogP contribution < -0.4 is 0 Å². The minimum Gasteiger partial charge on any atom is -0.244 e. The van der Waals surface area contributed by atoms with Crippen molar-refractivity contribution >= 4 is 11.3 Å². The molecule has 1 aliphatic carbocycles. The van der Waals surface area contributed by atoms with Gasteiger partial charge in [-0.2, -0.15) is 0 Å². The Hall–Kier alpha value is -1.15. The maximum absolute atomic E-state index is 4.56. The van der Waals surface area contributed by atoms with Gasteiger partial charge in [-0.25, -0.2) is 4.98 Å². The Labute approximate surface area is 107 Å². The van der Waals surface area contributed by atoms with Crippen molar-refractivity contribution in [1.82, 2.24) is 4.98 Å². The number of rotatable bonds is 3. The molecule has 0 N–H and O–H groups in total. The van der Waals surface area contributed by atoms with E-state index in [-0.39, 0.29) is 0 Å². The van der Waals surface area contributed by atoms with E-state index in [9.17, 15) is 0 Å².